The topological polar surface area (TPSA) is 60.9 Å². The number of hydrogen-bond acceptors (Lipinski definition) is 3. The molecule has 0 unspecified atom stereocenters. The quantitative estimate of drug-likeness (QED) is 0.852. The van der Waals surface area contributed by atoms with Gasteiger partial charge in [0.25, 0.3) is 5.56 Å². The number of nitrogens with two attached hydrogens (primary N) is 1. The third-order valence-corrected chi connectivity index (χ3v) is 2.21. The predicted octanol–water partition coefficient (Wildman–Crippen LogP) is 1.15. The Hall–Kier alpha value is -2.24. The van der Waals surface area contributed by atoms with Crippen LogP contribution in [0.5, 0.6) is 0 Å². The first-order valence-electron chi connectivity index (χ1n) is 4.83. The molecule has 2 rings (SSSR count). The summed E-state index contributed by atoms with van der Waals surface area (Å²) in [5.74, 6) is -1.88. The zero-order chi connectivity index (χ0) is 12.4. The predicted molar refractivity (Wildman–Crippen MR) is 58.4 cm³/mol. The molecule has 88 valence electrons. The molecule has 0 bridgehead atoms. The summed E-state index contributed by atoms with van der Waals surface area (Å²) < 4.78 is 26.8. The number of benzene rings is 1. The molecule has 2 N–H and O–H groups in total. The van der Waals surface area contributed by atoms with Crippen LogP contribution in [-0.2, 0) is 6.54 Å². The van der Waals surface area contributed by atoms with Crippen LogP contribution in [0.25, 0.3) is 0 Å². The lowest BCUT2D eigenvalue weighted by molar-refractivity contribution is 0.505. The van der Waals surface area contributed by atoms with Gasteiger partial charge in [0.2, 0.25) is 0 Å². The van der Waals surface area contributed by atoms with Crippen LogP contribution in [0.2, 0.25) is 0 Å². The number of rotatable bonds is 2. The Bertz CT molecular complexity index is 610. The van der Waals surface area contributed by atoms with Gasteiger partial charge in [0.1, 0.15) is 0 Å². The first kappa shape index (κ1) is 11.3. The molecule has 4 nitrogen and oxygen atoms in total. The third kappa shape index (κ3) is 2.47. The molecule has 0 aliphatic heterocycles. The van der Waals surface area contributed by atoms with Crippen molar-refractivity contribution in [3.05, 3.63) is 58.0 Å². The maximum Gasteiger partial charge on any atom is 0.269 e. The highest BCUT2D eigenvalue weighted by molar-refractivity contribution is 5.31. The van der Waals surface area contributed by atoms with E-state index in [4.69, 9.17) is 5.73 Å². The van der Waals surface area contributed by atoms with Crippen molar-refractivity contribution in [3.63, 3.8) is 0 Å². The Kier molecular flexibility index (Phi) is 2.86. The van der Waals surface area contributed by atoms with E-state index in [1.54, 1.807) is 0 Å². The molecule has 0 aliphatic carbocycles. The van der Waals surface area contributed by atoms with Crippen LogP contribution in [0.4, 0.5) is 14.5 Å². The largest absolute Gasteiger partial charge is 0.397 e. The summed E-state index contributed by atoms with van der Waals surface area (Å²) in [5, 5.41) is 3.79. The minimum atomic E-state index is -0.953. The molecule has 0 saturated carbocycles. The molecule has 0 fully saturated rings. The summed E-state index contributed by atoms with van der Waals surface area (Å²) in [5.41, 5.74) is 5.69. The molecule has 0 saturated heterocycles. The molecule has 0 atom stereocenters. The molecule has 17 heavy (non-hydrogen) atoms. The molecular formula is C11H9F2N3O. The average molecular weight is 237 g/mol. The highest BCUT2D eigenvalue weighted by atomic mass is 19.2. The molecule has 0 amide bonds. The van der Waals surface area contributed by atoms with Gasteiger partial charge >= 0.3 is 0 Å². The van der Waals surface area contributed by atoms with Crippen LogP contribution in [0.1, 0.15) is 5.56 Å². The van der Waals surface area contributed by atoms with Crippen molar-refractivity contribution in [2.75, 3.05) is 5.73 Å². The Morgan fingerprint density at radius 3 is 2.65 bits per heavy atom. The number of halogens is 2. The lowest BCUT2D eigenvalue weighted by Gasteiger charge is -2.05. The van der Waals surface area contributed by atoms with Gasteiger partial charge in [-0.3, -0.25) is 4.79 Å². The summed E-state index contributed by atoms with van der Waals surface area (Å²) in [4.78, 5) is 11.4. The lowest BCUT2D eigenvalue weighted by Crippen LogP contribution is -2.22. The Morgan fingerprint density at radius 1 is 1.24 bits per heavy atom. The molecule has 1 aromatic heterocycles. The Labute approximate surface area is 95.3 Å². The van der Waals surface area contributed by atoms with Gasteiger partial charge in [-0.2, -0.15) is 5.10 Å². The van der Waals surface area contributed by atoms with Crippen LogP contribution in [-0.4, -0.2) is 9.78 Å². The smallest absolute Gasteiger partial charge is 0.269 e. The Balaban J connectivity index is 2.31. The number of nitrogen functional groups attached to an aromatic ring is 1. The second kappa shape index (κ2) is 4.32. The molecule has 1 heterocycles. The summed E-state index contributed by atoms with van der Waals surface area (Å²) in [6.45, 7) is 0.0658. The molecule has 0 aliphatic rings. The standard InChI is InChI=1S/C11H9F2N3O/c12-9-2-1-7(3-10(9)13)6-16-11(17)4-8(14)5-15-16/h1-5H,6,14H2. The van der Waals surface area contributed by atoms with Crippen LogP contribution in [0, 0.1) is 11.6 Å². The van der Waals surface area contributed by atoms with Crippen LogP contribution < -0.4 is 11.3 Å². The van der Waals surface area contributed by atoms with E-state index in [2.05, 4.69) is 5.10 Å². The minimum Gasteiger partial charge on any atom is -0.397 e. The minimum absolute atomic E-state index is 0.0658. The molecule has 0 radical (unpaired) electrons. The highest BCUT2D eigenvalue weighted by Crippen LogP contribution is 2.09. The second-order valence-electron chi connectivity index (χ2n) is 3.53. The first-order valence-corrected chi connectivity index (χ1v) is 4.83. The Morgan fingerprint density at radius 2 is 2.00 bits per heavy atom. The van der Waals surface area contributed by atoms with Crippen molar-refractivity contribution >= 4 is 5.69 Å². The van der Waals surface area contributed by atoms with E-state index in [9.17, 15) is 13.6 Å². The van der Waals surface area contributed by atoms with E-state index in [0.717, 1.165) is 16.8 Å². The fourth-order valence-corrected chi connectivity index (χ4v) is 1.38. The fourth-order valence-electron chi connectivity index (χ4n) is 1.38. The maximum absolute atomic E-state index is 12.9. The zero-order valence-electron chi connectivity index (χ0n) is 8.73. The average Bonchev–Trinajstić information content (AvgIpc) is 2.27. The normalized spacial score (nSPS) is 10.5. The molecule has 2 aromatic rings. The fraction of sp³-hybridized carbons (Fsp3) is 0.0909. The van der Waals surface area contributed by atoms with Gasteiger partial charge in [-0.05, 0) is 17.7 Å². The van der Waals surface area contributed by atoms with Gasteiger partial charge in [-0.1, -0.05) is 6.07 Å². The van der Waals surface area contributed by atoms with Gasteiger partial charge in [0.05, 0.1) is 18.4 Å². The van der Waals surface area contributed by atoms with Crippen molar-refractivity contribution < 1.29 is 8.78 Å². The van der Waals surface area contributed by atoms with Gasteiger partial charge in [-0.25, -0.2) is 13.5 Å². The maximum atomic E-state index is 12.9. The summed E-state index contributed by atoms with van der Waals surface area (Å²) >= 11 is 0. The van der Waals surface area contributed by atoms with E-state index in [1.165, 1.54) is 18.3 Å². The van der Waals surface area contributed by atoms with Gasteiger partial charge in [0.15, 0.2) is 11.6 Å². The zero-order valence-corrected chi connectivity index (χ0v) is 8.73. The van der Waals surface area contributed by atoms with E-state index in [-0.39, 0.29) is 12.2 Å². The molecule has 0 spiro atoms. The number of aromatic nitrogens is 2. The van der Waals surface area contributed by atoms with Crippen LogP contribution in [0.3, 0.4) is 0 Å². The van der Waals surface area contributed by atoms with Crippen molar-refractivity contribution in [1.82, 2.24) is 9.78 Å². The van der Waals surface area contributed by atoms with Gasteiger partial charge in [0, 0.05) is 6.07 Å². The van der Waals surface area contributed by atoms with Crippen LogP contribution >= 0.6 is 0 Å². The second-order valence-corrected chi connectivity index (χ2v) is 3.53. The first-order chi connectivity index (χ1) is 8.06. The molecule has 1 aromatic carbocycles. The summed E-state index contributed by atoms with van der Waals surface area (Å²) in [7, 11) is 0. The van der Waals surface area contributed by atoms with E-state index in [1.807, 2.05) is 0 Å². The molecule has 6 heteroatoms. The number of anilines is 1. The third-order valence-electron chi connectivity index (χ3n) is 2.21. The van der Waals surface area contributed by atoms with Gasteiger partial charge in [-0.15, -0.1) is 0 Å². The number of hydrogen-bond donors (Lipinski definition) is 1. The van der Waals surface area contributed by atoms with Gasteiger partial charge < -0.3 is 5.73 Å². The van der Waals surface area contributed by atoms with Crippen molar-refractivity contribution in [1.29, 1.82) is 0 Å². The van der Waals surface area contributed by atoms with Crippen molar-refractivity contribution in [2.24, 2.45) is 0 Å². The van der Waals surface area contributed by atoms with Crippen molar-refractivity contribution in [2.45, 2.75) is 6.54 Å². The lowest BCUT2D eigenvalue weighted by atomic mass is 10.2. The van der Waals surface area contributed by atoms with E-state index >= 15 is 0 Å². The monoisotopic (exact) mass is 237 g/mol. The number of nitrogens with zero attached hydrogens (tertiary/aromatic N) is 2. The van der Waals surface area contributed by atoms with E-state index < -0.39 is 17.2 Å². The SMILES string of the molecule is Nc1cnn(Cc2ccc(F)c(F)c2)c(=O)c1. The highest BCUT2D eigenvalue weighted by Gasteiger charge is 2.04. The summed E-state index contributed by atoms with van der Waals surface area (Å²) in [6, 6.07) is 4.64. The van der Waals surface area contributed by atoms with E-state index in [0.29, 0.717) is 5.56 Å². The summed E-state index contributed by atoms with van der Waals surface area (Å²) in [6.07, 6.45) is 1.32. The van der Waals surface area contributed by atoms with Crippen molar-refractivity contribution in [3.8, 4) is 0 Å². The van der Waals surface area contributed by atoms with Crippen LogP contribution in [0.15, 0.2) is 35.3 Å². The molecular weight excluding hydrogens is 228 g/mol.